The minimum atomic E-state index is 0.728. The highest BCUT2D eigenvalue weighted by molar-refractivity contribution is 6.32. The summed E-state index contributed by atoms with van der Waals surface area (Å²) in [6, 6.07) is 26.4. The Kier molecular flexibility index (Phi) is 4.86. The lowest BCUT2D eigenvalue weighted by atomic mass is 9.82. The van der Waals surface area contributed by atoms with Gasteiger partial charge in [-0.1, -0.05) is 104 Å². The molecule has 2 radical (unpaired) electrons. The van der Waals surface area contributed by atoms with Gasteiger partial charge in [0.1, 0.15) is 7.85 Å². The lowest BCUT2D eigenvalue weighted by Crippen LogP contribution is -2.16. The third-order valence-corrected chi connectivity index (χ3v) is 4.81. The normalized spacial score (nSPS) is 13.4. The van der Waals surface area contributed by atoms with Gasteiger partial charge in [-0.05, 0) is 22.8 Å². The van der Waals surface area contributed by atoms with Gasteiger partial charge in [0.25, 0.3) is 0 Å². The van der Waals surface area contributed by atoms with Crippen molar-refractivity contribution >= 4 is 30.6 Å². The molecular formula is C26H20BN. The van der Waals surface area contributed by atoms with Crippen molar-refractivity contribution in [1.29, 1.82) is 0 Å². The molecule has 4 rings (SSSR count). The Labute approximate surface area is 167 Å². The highest BCUT2D eigenvalue weighted by Gasteiger charge is 2.23. The van der Waals surface area contributed by atoms with Gasteiger partial charge in [0, 0.05) is 28.1 Å². The second kappa shape index (κ2) is 7.62. The average molecular weight is 357 g/mol. The minimum Gasteiger partial charge on any atom is -0.355 e. The molecule has 0 saturated heterocycles. The van der Waals surface area contributed by atoms with Gasteiger partial charge in [0.2, 0.25) is 0 Å². The summed E-state index contributed by atoms with van der Waals surface area (Å²) < 4.78 is 0. The zero-order chi connectivity index (χ0) is 19.5. The van der Waals surface area contributed by atoms with Crippen LogP contribution in [0, 0.1) is 0 Å². The zero-order valence-electron chi connectivity index (χ0n) is 15.7. The maximum absolute atomic E-state index is 6.10. The quantitative estimate of drug-likeness (QED) is 0.481. The van der Waals surface area contributed by atoms with E-state index in [1.807, 2.05) is 60.7 Å². The molecule has 0 bridgehead atoms. The molecule has 3 aromatic rings. The first-order chi connectivity index (χ1) is 13.6. The predicted molar refractivity (Wildman–Crippen MR) is 122 cm³/mol. The van der Waals surface area contributed by atoms with E-state index in [1.54, 1.807) is 0 Å². The van der Waals surface area contributed by atoms with Crippen molar-refractivity contribution in [2.45, 2.75) is 0 Å². The number of benzene rings is 3. The molecule has 3 aromatic carbocycles. The molecule has 28 heavy (non-hydrogen) atoms. The van der Waals surface area contributed by atoms with Crippen LogP contribution in [0.4, 0.5) is 5.69 Å². The van der Waals surface area contributed by atoms with Crippen LogP contribution in [0.5, 0.6) is 0 Å². The molecule has 0 spiro atoms. The van der Waals surface area contributed by atoms with Crippen LogP contribution >= 0.6 is 0 Å². The summed E-state index contributed by atoms with van der Waals surface area (Å²) in [6.45, 7) is 8.61. The van der Waals surface area contributed by atoms with Crippen LogP contribution in [-0.2, 0) is 0 Å². The summed E-state index contributed by atoms with van der Waals surface area (Å²) >= 11 is 0. The molecule has 1 aliphatic heterocycles. The number of anilines is 1. The van der Waals surface area contributed by atoms with E-state index in [1.165, 1.54) is 0 Å². The van der Waals surface area contributed by atoms with E-state index in [0.717, 1.165) is 50.3 Å². The van der Waals surface area contributed by atoms with Crippen LogP contribution in [0.1, 0.15) is 16.7 Å². The number of fused-ring (bicyclic) bond motifs is 1. The Hall–Kier alpha value is -3.52. The molecule has 132 valence electrons. The van der Waals surface area contributed by atoms with Crippen molar-refractivity contribution in [1.82, 2.24) is 0 Å². The molecule has 0 amide bonds. The van der Waals surface area contributed by atoms with Crippen molar-refractivity contribution in [3.8, 4) is 0 Å². The van der Waals surface area contributed by atoms with Crippen molar-refractivity contribution in [3.05, 3.63) is 132 Å². The molecule has 0 aliphatic carbocycles. The smallest absolute Gasteiger partial charge is 0.113 e. The van der Waals surface area contributed by atoms with Gasteiger partial charge in [-0.25, -0.2) is 0 Å². The van der Waals surface area contributed by atoms with E-state index < -0.39 is 0 Å². The Morgan fingerprint density at radius 3 is 2.29 bits per heavy atom. The summed E-state index contributed by atoms with van der Waals surface area (Å²) in [5.74, 6) is 0. The fourth-order valence-corrected chi connectivity index (χ4v) is 3.49. The van der Waals surface area contributed by atoms with Gasteiger partial charge in [0.15, 0.2) is 0 Å². The lowest BCUT2D eigenvalue weighted by Gasteiger charge is -2.28. The fourth-order valence-electron chi connectivity index (χ4n) is 3.49. The number of rotatable bonds is 4. The summed E-state index contributed by atoms with van der Waals surface area (Å²) in [4.78, 5) is 0. The first-order valence-electron chi connectivity index (χ1n) is 9.22. The monoisotopic (exact) mass is 357 g/mol. The van der Waals surface area contributed by atoms with Gasteiger partial charge >= 0.3 is 0 Å². The van der Waals surface area contributed by atoms with Gasteiger partial charge in [-0.2, -0.15) is 0 Å². The molecular weight excluding hydrogens is 337 g/mol. The molecule has 1 N–H and O–H groups in total. The van der Waals surface area contributed by atoms with E-state index in [-0.39, 0.29) is 0 Å². The van der Waals surface area contributed by atoms with Gasteiger partial charge < -0.3 is 5.32 Å². The maximum atomic E-state index is 6.10. The molecule has 1 nitrogen and oxygen atoms in total. The van der Waals surface area contributed by atoms with Crippen molar-refractivity contribution in [3.63, 3.8) is 0 Å². The number of allylic oxidation sites excluding steroid dienone is 2. The van der Waals surface area contributed by atoms with E-state index >= 15 is 0 Å². The average Bonchev–Trinajstić information content (AvgIpc) is 2.73. The molecule has 0 fully saturated rings. The topological polar surface area (TPSA) is 12.0 Å². The Morgan fingerprint density at radius 1 is 0.893 bits per heavy atom. The number of hydrogen-bond acceptors (Lipinski definition) is 1. The highest BCUT2D eigenvalue weighted by atomic mass is 14.9. The van der Waals surface area contributed by atoms with Gasteiger partial charge in [-0.15, -0.1) is 0 Å². The van der Waals surface area contributed by atoms with E-state index in [0.29, 0.717) is 0 Å². The number of nitrogens with one attached hydrogen (secondary N) is 1. The van der Waals surface area contributed by atoms with Crippen molar-refractivity contribution in [2.75, 3.05) is 5.32 Å². The Balaban J connectivity index is 1.88. The van der Waals surface area contributed by atoms with Crippen LogP contribution in [0.3, 0.4) is 0 Å². The van der Waals surface area contributed by atoms with Crippen molar-refractivity contribution < 1.29 is 0 Å². The van der Waals surface area contributed by atoms with Crippen LogP contribution in [-0.4, -0.2) is 7.85 Å². The maximum Gasteiger partial charge on any atom is 0.113 e. The zero-order valence-corrected chi connectivity index (χ0v) is 15.7. The van der Waals surface area contributed by atoms with Crippen LogP contribution in [0.25, 0.3) is 11.6 Å². The summed E-state index contributed by atoms with van der Waals surface area (Å²) in [5, 5.41) is 3.41. The Morgan fingerprint density at radius 2 is 1.57 bits per heavy atom. The van der Waals surface area contributed by atoms with E-state index in [4.69, 9.17) is 7.85 Å². The molecule has 0 aromatic heterocycles. The molecule has 1 heterocycles. The fraction of sp³-hybridized carbons (Fsp3) is 0. The van der Waals surface area contributed by atoms with Crippen molar-refractivity contribution in [2.24, 2.45) is 0 Å². The largest absolute Gasteiger partial charge is 0.355 e. The molecule has 2 heteroatoms. The number of hydrogen-bond donors (Lipinski definition) is 1. The third-order valence-electron chi connectivity index (χ3n) is 4.81. The Bertz CT molecular complexity index is 1110. The van der Waals surface area contributed by atoms with Crippen LogP contribution in [0.2, 0.25) is 0 Å². The minimum absolute atomic E-state index is 0.728. The second-order valence-electron chi connectivity index (χ2n) is 6.79. The SMILES string of the molecule is [B]c1ccc2c(c1)C(c1ccccc1)=C(C(=C)/C=C/c1ccccc1)C(=C)N2. The molecule has 0 unspecified atom stereocenters. The molecule has 0 atom stereocenters. The van der Waals surface area contributed by atoms with Crippen LogP contribution in [0.15, 0.2) is 115 Å². The first-order valence-corrected chi connectivity index (χ1v) is 9.22. The van der Waals surface area contributed by atoms with E-state index in [9.17, 15) is 0 Å². The first kappa shape index (κ1) is 17.9. The summed E-state index contributed by atoms with van der Waals surface area (Å²) in [7, 11) is 6.10. The standard InChI is InChI=1S/C26H20BN/c1-18(13-14-20-9-5-3-6-10-20)25-19(2)28-24-16-15-22(27)17-23(24)26(25)21-11-7-4-8-12-21/h3-17,28H,1-2H2/b14-13+. The van der Waals surface area contributed by atoms with Gasteiger partial charge in [-0.3, -0.25) is 0 Å². The molecule has 0 saturated carbocycles. The van der Waals surface area contributed by atoms with E-state index in [2.05, 4.69) is 48.8 Å². The van der Waals surface area contributed by atoms with Crippen LogP contribution < -0.4 is 10.8 Å². The van der Waals surface area contributed by atoms with Gasteiger partial charge in [0.05, 0.1) is 0 Å². The molecule has 1 aliphatic rings. The summed E-state index contributed by atoms with van der Waals surface area (Å²) in [6.07, 6.45) is 4.11. The highest BCUT2D eigenvalue weighted by Crippen LogP contribution is 2.41. The lowest BCUT2D eigenvalue weighted by molar-refractivity contribution is 1.33. The predicted octanol–water partition coefficient (Wildman–Crippen LogP) is 5.49. The summed E-state index contributed by atoms with van der Waals surface area (Å²) in [5.41, 5.74) is 8.85. The second-order valence-corrected chi connectivity index (χ2v) is 6.79. The third kappa shape index (κ3) is 3.50.